The van der Waals surface area contributed by atoms with E-state index < -0.39 is 0 Å². The molecule has 0 spiro atoms. The van der Waals surface area contributed by atoms with Crippen molar-refractivity contribution in [1.82, 2.24) is 5.32 Å². The van der Waals surface area contributed by atoms with Crippen LogP contribution in [-0.2, 0) is 16.0 Å². The Balaban J connectivity index is 1.32. The van der Waals surface area contributed by atoms with Gasteiger partial charge in [0.1, 0.15) is 0 Å². The highest BCUT2D eigenvalue weighted by Gasteiger charge is 2.31. The highest BCUT2D eigenvalue weighted by molar-refractivity contribution is 5.96. The monoisotopic (exact) mass is 352 g/mol. The number of anilines is 1. The fourth-order valence-corrected chi connectivity index (χ4v) is 3.32. The Morgan fingerprint density at radius 1 is 1.12 bits per heavy atom. The molecule has 1 unspecified atom stereocenters. The van der Waals surface area contributed by atoms with Crippen LogP contribution < -0.4 is 19.7 Å². The van der Waals surface area contributed by atoms with Crippen LogP contribution in [0.3, 0.4) is 0 Å². The summed E-state index contributed by atoms with van der Waals surface area (Å²) in [6.07, 6.45) is 0.785. The van der Waals surface area contributed by atoms with Crippen LogP contribution in [0.15, 0.2) is 48.5 Å². The Kier molecular flexibility index (Phi) is 4.48. The van der Waals surface area contributed by atoms with Crippen LogP contribution in [0.1, 0.15) is 12.0 Å². The van der Waals surface area contributed by atoms with Crippen molar-refractivity contribution in [3.8, 4) is 11.5 Å². The van der Waals surface area contributed by atoms with Crippen molar-refractivity contribution in [2.75, 3.05) is 24.8 Å². The molecule has 26 heavy (non-hydrogen) atoms. The van der Waals surface area contributed by atoms with Gasteiger partial charge in [-0.25, -0.2) is 0 Å². The Bertz CT molecular complexity index is 822. The lowest BCUT2D eigenvalue weighted by Gasteiger charge is -2.17. The van der Waals surface area contributed by atoms with Crippen LogP contribution in [0, 0.1) is 5.92 Å². The molecular weight excluding hydrogens is 332 g/mol. The van der Waals surface area contributed by atoms with Gasteiger partial charge < -0.3 is 19.7 Å². The summed E-state index contributed by atoms with van der Waals surface area (Å²) in [5.41, 5.74) is 1.78. The number of rotatable bonds is 5. The average molecular weight is 352 g/mol. The van der Waals surface area contributed by atoms with Crippen LogP contribution >= 0.6 is 0 Å². The summed E-state index contributed by atoms with van der Waals surface area (Å²) in [7, 11) is 0. The molecule has 0 radical (unpaired) electrons. The molecule has 2 aliphatic rings. The molecule has 0 saturated carbocycles. The van der Waals surface area contributed by atoms with E-state index in [-0.39, 0.29) is 24.5 Å². The second-order valence-electron chi connectivity index (χ2n) is 6.58. The van der Waals surface area contributed by atoms with Gasteiger partial charge in [-0.2, -0.15) is 0 Å². The van der Waals surface area contributed by atoms with Crippen molar-refractivity contribution in [3.05, 3.63) is 54.1 Å². The zero-order chi connectivity index (χ0) is 17.9. The first-order chi connectivity index (χ1) is 12.7. The Morgan fingerprint density at radius 3 is 2.77 bits per heavy atom. The van der Waals surface area contributed by atoms with Gasteiger partial charge in [0.15, 0.2) is 11.5 Å². The summed E-state index contributed by atoms with van der Waals surface area (Å²) in [5, 5.41) is 2.94. The van der Waals surface area contributed by atoms with Crippen molar-refractivity contribution in [2.45, 2.75) is 12.8 Å². The summed E-state index contributed by atoms with van der Waals surface area (Å²) in [6.45, 7) is 1.30. The molecule has 134 valence electrons. The fraction of sp³-hybridized carbons (Fsp3) is 0.300. The third-order valence-electron chi connectivity index (χ3n) is 4.67. The Morgan fingerprint density at radius 2 is 1.92 bits per heavy atom. The van der Waals surface area contributed by atoms with Gasteiger partial charge in [-0.3, -0.25) is 9.59 Å². The predicted molar refractivity (Wildman–Crippen MR) is 96.2 cm³/mol. The van der Waals surface area contributed by atoms with Gasteiger partial charge in [0.05, 0.1) is 6.42 Å². The second kappa shape index (κ2) is 7.07. The molecule has 6 nitrogen and oxygen atoms in total. The lowest BCUT2D eigenvalue weighted by Crippen LogP contribution is -2.32. The standard InChI is InChI=1S/C20H20N2O4/c23-19(8-14-4-2-1-3-5-14)21-11-15-9-20(24)22(12-15)16-6-7-17-18(10-16)26-13-25-17/h1-7,10,15H,8-9,11-13H2,(H,21,23). The molecule has 0 aliphatic carbocycles. The number of fused-ring (bicyclic) bond motifs is 1. The minimum atomic E-state index is -0.0230. The third-order valence-corrected chi connectivity index (χ3v) is 4.67. The maximum Gasteiger partial charge on any atom is 0.231 e. The molecular formula is C20H20N2O4. The number of carbonyl (C=O) groups excluding carboxylic acids is 2. The van der Waals surface area contributed by atoms with Crippen LogP contribution in [0.4, 0.5) is 5.69 Å². The lowest BCUT2D eigenvalue weighted by atomic mass is 10.1. The molecule has 4 rings (SSSR count). The predicted octanol–water partition coefficient (Wildman–Crippen LogP) is 2.13. The third kappa shape index (κ3) is 3.49. The van der Waals surface area contributed by atoms with E-state index >= 15 is 0 Å². The van der Waals surface area contributed by atoms with E-state index in [4.69, 9.17) is 9.47 Å². The minimum absolute atomic E-state index is 0.0230. The number of nitrogens with one attached hydrogen (secondary N) is 1. The second-order valence-corrected chi connectivity index (χ2v) is 6.58. The summed E-state index contributed by atoms with van der Waals surface area (Å²) in [5.74, 6) is 1.50. The largest absolute Gasteiger partial charge is 0.454 e. The van der Waals surface area contributed by atoms with Crippen molar-refractivity contribution in [2.24, 2.45) is 5.92 Å². The maximum absolute atomic E-state index is 12.4. The smallest absolute Gasteiger partial charge is 0.231 e. The van der Waals surface area contributed by atoms with Crippen LogP contribution in [0.5, 0.6) is 11.5 Å². The lowest BCUT2D eigenvalue weighted by molar-refractivity contribution is -0.121. The van der Waals surface area contributed by atoms with E-state index in [1.54, 1.807) is 4.90 Å². The minimum Gasteiger partial charge on any atom is -0.454 e. The maximum atomic E-state index is 12.4. The zero-order valence-electron chi connectivity index (χ0n) is 14.3. The van der Waals surface area contributed by atoms with E-state index in [0.29, 0.717) is 37.4 Å². The molecule has 2 aliphatic heterocycles. The molecule has 2 amide bonds. The number of hydrogen-bond acceptors (Lipinski definition) is 4. The van der Waals surface area contributed by atoms with Gasteiger partial charge in [-0.1, -0.05) is 30.3 Å². The summed E-state index contributed by atoms with van der Waals surface area (Å²) < 4.78 is 10.7. The van der Waals surface area contributed by atoms with Crippen molar-refractivity contribution in [1.29, 1.82) is 0 Å². The number of nitrogens with zero attached hydrogens (tertiary/aromatic N) is 1. The van der Waals surface area contributed by atoms with Crippen molar-refractivity contribution in [3.63, 3.8) is 0 Å². The van der Waals surface area contributed by atoms with Crippen LogP contribution in [-0.4, -0.2) is 31.7 Å². The van der Waals surface area contributed by atoms with Gasteiger partial charge in [0.2, 0.25) is 18.6 Å². The topological polar surface area (TPSA) is 67.9 Å². The summed E-state index contributed by atoms with van der Waals surface area (Å²) in [6, 6.07) is 15.1. The normalized spacial score (nSPS) is 18.2. The number of amides is 2. The molecule has 2 heterocycles. The van der Waals surface area contributed by atoms with Gasteiger partial charge in [0, 0.05) is 37.2 Å². The molecule has 0 bridgehead atoms. The first-order valence-corrected chi connectivity index (χ1v) is 8.69. The number of hydrogen-bond donors (Lipinski definition) is 1. The van der Waals surface area contributed by atoms with Gasteiger partial charge in [0.25, 0.3) is 0 Å². The number of ether oxygens (including phenoxy) is 2. The van der Waals surface area contributed by atoms with E-state index in [1.807, 2.05) is 48.5 Å². The average Bonchev–Trinajstić information content (AvgIpc) is 3.26. The SMILES string of the molecule is O=C(Cc1ccccc1)NCC1CC(=O)N(c2ccc3c(c2)OCO3)C1. The molecule has 2 aromatic rings. The number of carbonyl (C=O) groups is 2. The molecule has 6 heteroatoms. The molecule has 1 atom stereocenters. The first-order valence-electron chi connectivity index (χ1n) is 8.69. The Hall–Kier alpha value is -3.02. The fourth-order valence-electron chi connectivity index (χ4n) is 3.32. The molecule has 1 fully saturated rings. The van der Waals surface area contributed by atoms with Gasteiger partial charge in [-0.05, 0) is 17.7 Å². The number of benzene rings is 2. The van der Waals surface area contributed by atoms with Crippen LogP contribution in [0.25, 0.3) is 0 Å². The van der Waals surface area contributed by atoms with Crippen molar-refractivity contribution < 1.29 is 19.1 Å². The molecule has 0 aromatic heterocycles. The van der Waals surface area contributed by atoms with Crippen molar-refractivity contribution >= 4 is 17.5 Å². The van der Waals surface area contributed by atoms with E-state index in [1.165, 1.54) is 0 Å². The zero-order valence-corrected chi connectivity index (χ0v) is 14.3. The summed E-state index contributed by atoms with van der Waals surface area (Å²) in [4.78, 5) is 26.2. The van der Waals surface area contributed by atoms with E-state index in [9.17, 15) is 9.59 Å². The quantitative estimate of drug-likeness (QED) is 0.895. The molecule has 2 aromatic carbocycles. The first kappa shape index (κ1) is 16.4. The summed E-state index contributed by atoms with van der Waals surface area (Å²) >= 11 is 0. The van der Waals surface area contributed by atoms with Gasteiger partial charge >= 0.3 is 0 Å². The Labute approximate surface area is 151 Å². The van der Waals surface area contributed by atoms with E-state index in [0.717, 1.165) is 11.3 Å². The van der Waals surface area contributed by atoms with Crippen LogP contribution in [0.2, 0.25) is 0 Å². The highest BCUT2D eigenvalue weighted by atomic mass is 16.7. The molecule has 1 saturated heterocycles. The van der Waals surface area contributed by atoms with E-state index in [2.05, 4.69) is 5.32 Å². The van der Waals surface area contributed by atoms with Gasteiger partial charge in [-0.15, -0.1) is 0 Å². The molecule has 1 N–H and O–H groups in total. The highest BCUT2D eigenvalue weighted by Crippen LogP contribution is 2.37.